The molecule has 24 heavy (non-hydrogen) atoms. The van der Waals surface area contributed by atoms with Crippen LogP contribution < -0.4 is 9.70 Å². The highest BCUT2D eigenvalue weighted by atomic mass is 32.1. The van der Waals surface area contributed by atoms with E-state index in [-0.39, 0.29) is 5.52 Å². The van der Waals surface area contributed by atoms with Crippen molar-refractivity contribution in [3.05, 3.63) is 58.4 Å². The van der Waals surface area contributed by atoms with Crippen LogP contribution in [0.5, 0.6) is 0 Å². The molecule has 2 aromatic carbocycles. The molecule has 1 heterocycles. The number of thiazole rings is 1. The normalized spacial score (nSPS) is 12.0. The fraction of sp³-hybridized carbons (Fsp3) is 0.176. The minimum atomic E-state index is -0.673. The molecule has 0 unspecified atom stereocenters. The molecule has 0 bridgehead atoms. The number of rotatable bonds is 2. The van der Waals surface area contributed by atoms with Gasteiger partial charge in [-0.15, -0.1) is 0 Å². The van der Waals surface area contributed by atoms with Gasteiger partial charge in [-0.1, -0.05) is 11.3 Å². The van der Waals surface area contributed by atoms with Gasteiger partial charge >= 0.3 is 0 Å². The second-order valence-electron chi connectivity index (χ2n) is 5.54. The Morgan fingerprint density at radius 2 is 1.83 bits per heavy atom. The monoisotopic (exact) mass is 347 g/mol. The van der Waals surface area contributed by atoms with Crippen molar-refractivity contribution in [2.24, 2.45) is 12.0 Å². The summed E-state index contributed by atoms with van der Waals surface area (Å²) >= 11 is 1.07. The van der Waals surface area contributed by atoms with Crippen LogP contribution in [0.25, 0.3) is 10.2 Å². The molecule has 0 N–H and O–H groups in total. The van der Waals surface area contributed by atoms with Gasteiger partial charge < -0.3 is 9.47 Å². The minimum absolute atomic E-state index is 0.232. The van der Waals surface area contributed by atoms with E-state index in [1.165, 1.54) is 10.6 Å². The zero-order valence-corrected chi connectivity index (χ0v) is 14.2. The summed E-state index contributed by atoms with van der Waals surface area (Å²) < 4.78 is 29.1. The second-order valence-corrected chi connectivity index (χ2v) is 6.55. The number of carbonyl (C=O) groups is 1. The van der Waals surface area contributed by atoms with Crippen LogP contribution in [0.2, 0.25) is 0 Å². The van der Waals surface area contributed by atoms with E-state index in [2.05, 4.69) is 4.99 Å². The zero-order valence-electron chi connectivity index (χ0n) is 13.4. The number of hydrogen-bond acceptors (Lipinski definition) is 3. The van der Waals surface area contributed by atoms with Gasteiger partial charge in [0.05, 0.1) is 10.2 Å². The van der Waals surface area contributed by atoms with Gasteiger partial charge in [-0.2, -0.15) is 4.99 Å². The number of fused-ring (bicyclic) bond motifs is 1. The first-order valence-electron chi connectivity index (χ1n) is 7.18. The van der Waals surface area contributed by atoms with Gasteiger partial charge in [0, 0.05) is 38.5 Å². The average molecular weight is 347 g/mol. The lowest BCUT2D eigenvalue weighted by atomic mass is 10.2. The standard InChI is InChI=1S/C17H15F2N3OS/c1-21(2)12-6-4-10(5-7-12)16(23)20-17-22(3)15-13(19)8-11(18)9-14(15)24-17/h4-9H,1-3H3. The summed E-state index contributed by atoms with van der Waals surface area (Å²) in [6, 6.07) is 9.08. The minimum Gasteiger partial charge on any atom is -0.378 e. The summed E-state index contributed by atoms with van der Waals surface area (Å²) in [7, 11) is 5.42. The maximum atomic E-state index is 13.9. The SMILES string of the molecule is CN(C)c1ccc(C(=O)N=c2sc3cc(F)cc(F)c3n2C)cc1. The highest BCUT2D eigenvalue weighted by molar-refractivity contribution is 7.16. The summed E-state index contributed by atoms with van der Waals surface area (Å²) in [6.07, 6.45) is 0. The van der Waals surface area contributed by atoms with Gasteiger partial charge in [-0.25, -0.2) is 8.78 Å². The molecule has 0 atom stereocenters. The van der Waals surface area contributed by atoms with E-state index in [9.17, 15) is 13.6 Å². The van der Waals surface area contributed by atoms with Gasteiger partial charge in [0.2, 0.25) is 0 Å². The second kappa shape index (κ2) is 6.16. The number of carbonyl (C=O) groups excluding carboxylic acids is 1. The molecule has 124 valence electrons. The molecular weight excluding hydrogens is 332 g/mol. The Kier molecular flexibility index (Phi) is 4.19. The van der Waals surface area contributed by atoms with E-state index in [1.807, 2.05) is 31.1 Å². The topological polar surface area (TPSA) is 37.6 Å². The molecule has 3 rings (SSSR count). The molecule has 0 aliphatic heterocycles. The number of aromatic nitrogens is 1. The first-order valence-corrected chi connectivity index (χ1v) is 7.99. The van der Waals surface area contributed by atoms with Crippen molar-refractivity contribution in [2.75, 3.05) is 19.0 Å². The van der Waals surface area contributed by atoms with Crippen molar-refractivity contribution in [3.63, 3.8) is 0 Å². The van der Waals surface area contributed by atoms with Crippen molar-refractivity contribution in [1.82, 2.24) is 4.57 Å². The van der Waals surface area contributed by atoms with Gasteiger partial charge in [-0.3, -0.25) is 4.79 Å². The summed E-state index contributed by atoms with van der Waals surface area (Å²) in [5, 5.41) is 0. The predicted molar refractivity (Wildman–Crippen MR) is 91.4 cm³/mol. The van der Waals surface area contributed by atoms with Crippen LogP contribution in [-0.4, -0.2) is 24.6 Å². The molecule has 0 saturated carbocycles. The third-order valence-electron chi connectivity index (χ3n) is 3.64. The number of nitrogens with zero attached hydrogens (tertiary/aromatic N) is 3. The molecule has 3 aromatic rings. The first kappa shape index (κ1) is 16.3. The van der Waals surface area contributed by atoms with Crippen LogP contribution in [-0.2, 0) is 7.05 Å². The molecule has 0 saturated heterocycles. The smallest absolute Gasteiger partial charge is 0.279 e. The number of halogens is 2. The van der Waals surface area contributed by atoms with Gasteiger partial charge in [0.1, 0.15) is 5.82 Å². The Morgan fingerprint density at radius 1 is 1.17 bits per heavy atom. The lowest BCUT2D eigenvalue weighted by molar-refractivity contribution is 0.0998. The Balaban J connectivity index is 2.04. The molecule has 1 amide bonds. The van der Waals surface area contributed by atoms with Crippen LogP contribution >= 0.6 is 11.3 Å². The van der Waals surface area contributed by atoms with Crippen LogP contribution in [0.3, 0.4) is 0 Å². The van der Waals surface area contributed by atoms with E-state index in [0.29, 0.717) is 15.1 Å². The zero-order chi connectivity index (χ0) is 17.4. The molecule has 0 fully saturated rings. The molecule has 0 aliphatic carbocycles. The predicted octanol–water partition coefficient (Wildman–Crippen LogP) is 3.33. The Morgan fingerprint density at radius 3 is 2.46 bits per heavy atom. The van der Waals surface area contributed by atoms with E-state index < -0.39 is 17.5 Å². The summed E-state index contributed by atoms with van der Waals surface area (Å²) in [4.78, 5) is 18.6. The molecule has 0 spiro atoms. The number of anilines is 1. The van der Waals surface area contributed by atoms with Crippen molar-refractivity contribution in [2.45, 2.75) is 0 Å². The third kappa shape index (κ3) is 2.94. The van der Waals surface area contributed by atoms with Gasteiger partial charge in [0.15, 0.2) is 10.6 Å². The van der Waals surface area contributed by atoms with E-state index in [0.717, 1.165) is 23.1 Å². The Labute approximate surface area is 141 Å². The van der Waals surface area contributed by atoms with Gasteiger partial charge in [-0.05, 0) is 30.3 Å². The molecule has 4 nitrogen and oxygen atoms in total. The van der Waals surface area contributed by atoms with Crippen LogP contribution in [0, 0.1) is 11.6 Å². The fourth-order valence-electron chi connectivity index (χ4n) is 2.36. The van der Waals surface area contributed by atoms with Crippen molar-refractivity contribution >= 4 is 33.1 Å². The lowest BCUT2D eigenvalue weighted by Gasteiger charge is -2.11. The number of amides is 1. The largest absolute Gasteiger partial charge is 0.378 e. The number of hydrogen-bond donors (Lipinski definition) is 0. The first-order chi connectivity index (χ1) is 11.4. The molecule has 0 aliphatic rings. The average Bonchev–Trinajstić information content (AvgIpc) is 2.83. The highest BCUT2D eigenvalue weighted by Gasteiger charge is 2.12. The molecule has 0 radical (unpaired) electrons. The summed E-state index contributed by atoms with van der Waals surface area (Å²) in [6.45, 7) is 0. The van der Waals surface area contributed by atoms with Crippen LogP contribution in [0.4, 0.5) is 14.5 Å². The van der Waals surface area contributed by atoms with Crippen LogP contribution in [0.15, 0.2) is 41.4 Å². The Bertz CT molecular complexity index is 987. The third-order valence-corrected chi connectivity index (χ3v) is 4.72. The van der Waals surface area contributed by atoms with E-state index >= 15 is 0 Å². The van der Waals surface area contributed by atoms with Crippen molar-refractivity contribution in [1.29, 1.82) is 0 Å². The van der Waals surface area contributed by atoms with Crippen molar-refractivity contribution < 1.29 is 13.6 Å². The maximum absolute atomic E-state index is 13.9. The van der Waals surface area contributed by atoms with Crippen molar-refractivity contribution in [3.8, 4) is 0 Å². The Hall–Kier alpha value is -2.54. The number of benzene rings is 2. The number of aryl methyl sites for hydroxylation is 1. The molecular formula is C17H15F2N3OS. The lowest BCUT2D eigenvalue weighted by Crippen LogP contribution is -2.14. The van der Waals surface area contributed by atoms with E-state index in [1.54, 1.807) is 19.2 Å². The highest BCUT2D eigenvalue weighted by Crippen LogP contribution is 2.21. The molecule has 7 heteroatoms. The van der Waals surface area contributed by atoms with E-state index in [4.69, 9.17) is 0 Å². The summed E-state index contributed by atoms with van der Waals surface area (Å²) in [5.41, 5.74) is 1.64. The summed E-state index contributed by atoms with van der Waals surface area (Å²) in [5.74, 6) is -1.75. The fourth-order valence-corrected chi connectivity index (χ4v) is 3.42. The quantitative estimate of drug-likeness (QED) is 0.713. The van der Waals surface area contributed by atoms with Crippen LogP contribution in [0.1, 0.15) is 10.4 Å². The van der Waals surface area contributed by atoms with Gasteiger partial charge in [0.25, 0.3) is 5.91 Å². The maximum Gasteiger partial charge on any atom is 0.279 e. The molecule has 1 aromatic heterocycles.